The van der Waals surface area contributed by atoms with Gasteiger partial charge in [-0.25, -0.2) is 13.4 Å². The number of sulfonamides is 1. The molecule has 1 fully saturated rings. The summed E-state index contributed by atoms with van der Waals surface area (Å²) in [6.07, 6.45) is 1.74. The maximum Gasteiger partial charge on any atom is 0.257 e. The molecule has 8 heteroatoms. The Bertz CT molecular complexity index is 1440. The summed E-state index contributed by atoms with van der Waals surface area (Å²) in [5.41, 5.74) is 4.41. The van der Waals surface area contributed by atoms with Crippen LogP contribution in [0.2, 0.25) is 0 Å². The molecule has 0 aliphatic carbocycles. The number of rotatable bonds is 6. The van der Waals surface area contributed by atoms with Crippen molar-refractivity contribution in [2.75, 3.05) is 18.4 Å². The van der Waals surface area contributed by atoms with Crippen LogP contribution < -0.4 is 5.32 Å². The van der Waals surface area contributed by atoms with Crippen LogP contribution in [-0.2, 0) is 10.0 Å². The summed E-state index contributed by atoms with van der Waals surface area (Å²) in [6.45, 7) is 3.21. The summed E-state index contributed by atoms with van der Waals surface area (Å²) >= 11 is 1.35. The zero-order valence-corrected chi connectivity index (χ0v) is 21.6. The molecule has 0 spiro atoms. The van der Waals surface area contributed by atoms with Crippen LogP contribution in [0.1, 0.15) is 30.1 Å². The molecule has 1 N–H and O–H groups in total. The van der Waals surface area contributed by atoms with Crippen LogP contribution in [0.3, 0.4) is 0 Å². The van der Waals surface area contributed by atoms with Crippen LogP contribution in [0.15, 0.2) is 89.1 Å². The highest BCUT2D eigenvalue weighted by Crippen LogP contribution is 2.28. The van der Waals surface area contributed by atoms with Crippen LogP contribution in [0.25, 0.3) is 22.4 Å². The van der Waals surface area contributed by atoms with E-state index in [0.717, 1.165) is 35.2 Å². The Hall–Kier alpha value is -3.33. The number of nitrogens with one attached hydrogen (secondary N) is 1. The van der Waals surface area contributed by atoms with Crippen molar-refractivity contribution in [1.82, 2.24) is 9.29 Å². The van der Waals surface area contributed by atoms with Crippen molar-refractivity contribution < 1.29 is 13.2 Å². The standard InChI is InChI=1S/C28H27N3O3S2/c1-20-15-17-31(18-16-20)36(33,34)25-13-11-24(12-14-25)27(32)30-28-29-26(19-35-28)23-9-7-22(8-10-23)21-5-3-2-4-6-21/h2-14,19-20H,15-18H2,1H3,(H,29,30,32). The van der Waals surface area contributed by atoms with Gasteiger partial charge in [0.2, 0.25) is 10.0 Å². The number of hydrogen-bond acceptors (Lipinski definition) is 5. The van der Waals surface area contributed by atoms with Crippen LogP contribution in [0, 0.1) is 5.92 Å². The second kappa shape index (κ2) is 10.3. The normalized spacial score (nSPS) is 15.0. The Balaban J connectivity index is 1.24. The number of nitrogens with zero attached hydrogens (tertiary/aromatic N) is 2. The van der Waals surface area contributed by atoms with E-state index in [0.29, 0.717) is 29.7 Å². The maximum absolute atomic E-state index is 12.9. The molecule has 36 heavy (non-hydrogen) atoms. The molecule has 5 rings (SSSR count). The van der Waals surface area contributed by atoms with E-state index in [-0.39, 0.29) is 10.8 Å². The van der Waals surface area contributed by atoms with Gasteiger partial charge in [-0.2, -0.15) is 4.31 Å². The van der Waals surface area contributed by atoms with E-state index >= 15 is 0 Å². The van der Waals surface area contributed by atoms with Crippen molar-refractivity contribution in [2.45, 2.75) is 24.7 Å². The van der Waals surface area contributed by atoms with E-state index < -0.39 is 10.0 Å². The third kappa shape index (κ3) is 5.26. The average molecular weight is 518 g/mol. The van der Waals surface area contributed by atoms with E-state index in [1.165, 1.54) is 27.8 Å². The van der Waals surface area contributed by atoms with Gasteiger partial charge in [0.05, 0.1) is 10.6 Å². The van der Waals surface area contributed by atoms with Crippen molar-refractivity contribution in [2.24, 2.45) is 5.92 Å². The van der Waals surface area contributed by atoms with Gasteiger partial charge in [-0.15, -0.1) is 11.3 Å². The fraction of sp³-hybridized carbons (Fsp3) is 0.214. The number of thiazole rings is 1. The number of carbonyl (C=O) groups excluding carboxylic acids is 1. The molecule has 1 aliphatic rings. The molecular weight excluding hydrogens is 490 g/mol. The van der Waals surface area contributed by atoms with E-state index in [1.807, 2.05) is 35.7 Å². The second-order valence-electron chi connectivity index (χ2n) is 9.05. The summed E-state index contributed by atoms with van der Waals surface area (Å²) in [7, 11) is -3.54. The van der Waals surface area contributed by atoms with Crippen molar-refractivity contribution in [1.29, 1.82) is 0 Å². The van der Waals surface area contributed by atoms with Gasteiger partial charge in [-0.3, -0.25) is 10.1 Å². The highest BCUT2D eigenvalue weighted by atomic mass is 32.2. The number of benzene rings is 3. The predicted molar refractivity (Wildman–Crippen MR) is 145 cm³/mol. The Morgan fingerprint density at radius 2 is 1.50 bits per heavy atom. The zero-order chi connectivity index (χ0) is 25.1. The largest absolute Gasteiger partial charge is 0.298 e. The average Bonchev–Trinajstić information content (AvgIpc) is 3.38. The molecule has 0 bridgehead atoms. The van der Waals surface area contributed by atoms with E-state index in [2.05, 4.69) is 41.5 Å². The quantitative estimate of drug-likeness (QED) is 0.333. The van der Waals surface area contributed by atoms with Gasteiger partial charge < -0.3 is 0 Å². The van der Waals surface area contributed by atoms with Crippen molar-refractivity contribution in [3.63, 3.8) is 0 Å². The number of amides is 1. The first-order valence-corrected chi connectivity index (χ1v) is 14.2. The molecule has 1 aromatic heterocycles. The molecule has 184 valence electrons. The summed E-state index contributed by atoms with van der Waals surface area (Å²) in [4.78, 5) is 17.5. The van der Waals surface area contributed by atoms with Crippen molar-refractivity contribution in [3.8, 4) is 22.4 Å². The lowest BCUT2D eigenvalue weighted by atomic mass is 10.0. The molecule has 0 radical (unpaired) electrons. The summed E-state index contributed by atoms with van der Waals surface area (Å²) in [5, 5.41) is 5.21. The van der Waals surface area contributed by atoms with Crippen molar-refractivity contribution >= 4 is 32.4 Å². The third-order valence-corrected chi connectivity index (χ3v) is 9.18. The van der Waals surface area contributed by atoms with E-state index in [1.54, 1.807) is 12.1 Å². The Morgan fingerprint density at radius 1 is 0.889 bits per heavy atom. The van der Waals surface area contributed by atoms with Gasteiger partial charge in [0.15, 0.2) is 5.13 Å². The Labute approximate surface area is 215 Å². The van der Waals surface area contributed by atoms with E-state index in [9.17, 15) is 13.2 Å². The first-order valence-electron chi connectivity index (χ1n) is 11.9. The molecule has 1 amide bonds. The summed E-state index contributed by atoms with van der Waals surface area (Å²) in [5.74, 6) is 0.216. The summed E-state index contributed by atoms with van der Waals surface area (Å²) in [6, 6.07) is 24.4. The molecule has 2 heterocycles. The number of aromatic nitrogens is 1. The smallest absolute Gasteiger partial charge is 0.257 e. The number of anilines is 1. The topological polar surface area (TPSA) is 79.4 Å². The second-order valence-corrected chi connectivity index (χ2v) is 11.8. The Morgan fingerprint density at radius 3 is 2.17 bits per heavy atom. The minimum atomic E-state index is -3.54. The van der Waals surface area contributed by atoms with Crippen LogP contribution in [0.5, 0.6) is 0 Å². The maximum atomic E-state index is 12.9. The highest BCUT2D eigenvalue weighted by molar-refractivity contribution is 7.89. The molecular formula is C28H27N3O3S2. The van der Waals surface area contributed by atoms with Gasteiger partial charge in [-0.05, 0) is 54.2 Å². The van der Waals surface area contributed by atoms with Gasteiger partial charge in [-0.1, -0.05) is 61.5 Å². The number of carbonyl (C=O) groups is 1. The first kappa shape index (κ1) is 24.4. The number of piperidine rings is 1. The lowest BCUT2D eigenvalue weighted by molar-refractivity contribution is 0.102. The van der Waals surface area contributed by atoms with Gasteiger partial charge in [0.1, 0.15) is 0 Å². The fourth-order valence-corrected chi connectivity index (χ4v) is 6.43. The summed E-state index contributed by atoms with van der Waals surface area (Å²) < 4.78 is 27.4. The fourth-order valence-electron chi connectivity index (χ4n) is 4.25. The van der Waals surface area contributed by atoms with Crippen LogP contribution in [0.4, 0.5) is 5.13 Å². The molecule has 0 atom stereocenters. The van der Waals surface area contributed by atoms with Crippen LogP contribution >= 0.6 is 11.3 Å². The monoisotopic (exact) mass is 517 g/mol. The predicted octanol–water partition coefficient (Wildman–Crippen LogP) is 6.15. The van der Waals surface area contributed by atoms with Gasteiger partial charge in [0.25, 0.3) is 5.91 Å². The van der Waals surface area contributed by atoms with E-state index in [4.69, 9.17) is 0 Å². The molecule has 3 aromatic carbocycles. The number of hydrogen-bond donors (Lipinski definition) is 1. The SMILES string of the molecule is CC1CCN(S(=O)(=O)c2ccc(C(=O)Nc3nc(-c4ccc(-c5ccccc5)cc4)cs3)cc2)CC1. The molecule has 1 saturated heterocycles. The lowest BCUT2D eigenvalue weighted by Gasteiger charge is -2.29. The third-order valence-electron chi connectivity index (χ3n) is 6.51. The lowest BCUT2D eigenvalue weighted by Crippen LogP contribution is -2.37. The molecule has 1 aliphatic heterocycles. The van der Waals surface area contributed by atoms with Crippen LogP contribution in [-0.4, -0.2) is 36.7 Å². The molecule has 0 saturated carbocycles. The van der Waals surface area contributed by atoms with Crippen molar-refractivity contribution in [3.05, 3.63) is 89.8 Å². The molecule has 0 unspecified atom stereocenters. The van der Waals surface area contributed by atoms with Gasteiger partial charge >= 0.3 is 0 Å². The Kier molecular flexibility index (Phi) is 7.00. The molecule has 6 nitrogen and oxygen atoms in total. The minimum absolute atomic E-state index is 0.212. The molecule has 4 aromatic rings. The first-order chi connectivity index (χ1) is 17.4. The minimum Gasteiger partial charge on any atom is -0.298 e. The zero-order valence-electron chi connectivity index (χ0n) is 19.9. The van der Waals surface area contributed by atoms with Gasteiger partial charge in [0, 0.05) is 29.6 Å². The highest BCUT2D eigenvalue weighted by Gasteiger charge is 2.28.